The molecule has 1 aliphatic heterocycles. The quantitative estimate of drug-likeness (QED) is 0.597. The Balaban J connectivity index is 2.21. The first kappa shape index (κ1) is 15.8. The Kier molecular flexibility index (Phi) is 4.26. The first-order valence-corrected chi connectivity index (χ1v) is 8.08. The topological polar surface area (TPSA) is 124 Å². The molecule has 1 aliphatic rings. The monoisotopic (exact) mass is 318 g/mol. The van der Waals surface area contributed by atoms with E-state index in [4.69, 9.17) is 5.73 Å². The molecule has 116 valence electrons. The largest absolute Gasteiger partial charge is 0.391 e. The number of sulfone groups is 1. The first-order chi connectivity index (χ1) is 9.69. The third-order valence-electron chi connectivity index (χ3n) is 3.54. The maximum atomic E-state index is 13.5. The smallest absolute Gasteiger partial charge is 0.304 e. The minimum absolute atomic E-state index is 0.0863. The Labute approximate surface area is 120 Å². The van der Waals surface area contributed by atoms with Crippen LogP contribution in [0.15, 0.2) is 18.2 Å². The van der Waals surface area contributed by atoms with Crippen LogP contribution in [0.3, 0.4) is 0 Å². The number of aliphatic hydroxyl groups is 1. The van der Waals surface area contributed by atoms with E-state index in [1.165, 1.54) is 6.07 Å². The van der Waals surface area contributed by atoms with Crippen molar-refractivity contribution in [2.75, 3.05) is 11.5 Å². The van der Waals surface area contributed by atoms with Crippen molar-refractivity contribution in [3.05, 3.63) is 39.7 Å². The zero-order valence-electron chi connectivity index (χ0n) is 11.0. The van der Waals surface area contributed by atoms with E-state index in [2.05, 4.69) is 0 Å². The van der Waals surface area contributed by atoms with Crippen LogP contribution in [0.2, 0.25) is 0 Å². The molecule has 0 saturated carbocycles. The number of nitro groups is 1. The van der Waals surface area contributed by atoms with E-state index in [0.717, 1.165) is 12.1 Å². The van der Waals surface area contributed by atoms with Crippen LogP contribution in [0.5, 0.6) is 0 Å². The van der Waals surface area contributed by atoms with E-state index in [1.54, 1.807) is 0 Å². The Hall–Kier alpha value is -1.58. The van der Waals surface area contributed by atoms with Crippen molar-refractivity contribution in [2.24, 2.45) is 11.7 Å². The number of hydrogen-bond donors (Lipinski definition) is 2. The predicted molar refractivity (Wildman–Crippen MR) is 72.9 cm³/mol. The fourth-order valence-corrected chi connectivity index (χ4v) is 4.43. The van der Waals surface area contributed by atoms with Crippen molar-refractivity contribution in [1.82, 2.24) is 0 Å². The van der Waals surface area contributed by atoms with E-state index in [-0.39, 0.29) is 17.9 Å². The molecule has 0 bridgehead atoms. The summed E-state index contributed by atoms with van der Waals surface area (Å²) >= 11 is 0. The number of nitrogens with two attached hydrogens (primary N) is 1. The summed E-state index contributed by atoms with van der Waals surface area (Å²) in [6.07, 6.45) is -0.921. The molecule has 3 atom stereocenters. The summed E-state index contributed by atoms with van der Waals surface area (Å²) in [5.41, 5.74) is 5.33. The van der Waals surface area contributed by atoms with Crippen LogP contribution >= 0.6 is 0 Å². The first-order valence-electron chi connectivity index (χ1n) is 6.26. The fourth-order valence-electron chi connectivity index (χ4n) is 2.54. The molecule has 1 saturated heterocycles. The van der Waals surface area contributed by atoms with Gasteiger partial charge in [-0.05, 0) is 18.1 Å². The molecule has 21 heavy (non-hydrogen) atoms. The van der Waals surface area contributed by atoms with E-state index in [0.29, 0.717) is 5.56 Å². The SMILES string of the molecule is N[C@H]1CS(=O)(=O)C[C@@H](Cc2ccc([N+](=O)[O-])c(F)c2)[C@@H]1O. The van der Waals surface area contributed by atoms with Crippen molar-refractivity contribution in [1.29, 1.82) is 0 Å². The van der Waals surface area contributed by atoms with Gasteiger partial charge in [0.25, 0.3) is 0 Å². The lowest BCUT2D eigenvalue weighted by Gasteiger charge is -2.32. The number of nitro benzene ring substituents is 1. The Morgan fingerprint density at radius 3 is 2.67 bits per heavy atom. The summed E-state index contributed by atoms with van der Waals surface area (Å²) in [7, 11) is -3.35. The number of nitrogens with zero attached hydrogens (tertiary/aromatic N) is 1. The van der Waals surface area contributed by atoms with E-state index < -0.39 is 44.3 Å². The second-order valence-corrected chi connectivity index (χ2v) is 7.39. The molecule has 0 unspecified atom stereocenters. The summed E-state index contributed by atoms with van der Waals surface area (Å²) < 4.78 is 36.9. The van der Waals surface area contributed by atoms with Crippen LogP contribution in [-0.4, -0.2) is 42.1 Å². The van der Waals surface area contributed by atoms with Crippen molar-refractivity contribution in [2.45, 2.75) is 18.6 Å². The fraction of sp³-hybridized carbons (Fsp3) is 0.500. The molecule has 7 nitrogen and oxygen atoms in total. The highest BCUT2D eigenvalue weighted by molar-refractivity contribution is 7.91. The number of rotatable bonds is 3. The molecule has 0 radical (unpaired) electrons. The average Bonchev–Trinajstić information content (AvgIpc) is 2.34. The van der Waals surface area contributed by atoms with Crippen molar-refractivity contribution >= 4 is 15.5 Å². The van der Waals surface area contributed by atoms with Crippen LogP contribution in [0.25, 0.3) is 0 Å². The molecule has 0 spiro atoms. The van der Waals surface area contributed by atoms with Crippen molar-refractivity contribution in [3.8, 4) is 0 Å². The van der Waals surface area contributed by atoms with Crippen LogP contribution in [0.4, 0.5) is 10.1 Å². The van der Waals surface area contributed by atoms with Gasteiger partial charge in [-0.3, -0.25) is 10.1 Å². The maximum absolute atomic E-state index is 13.5. The molecule has 1 aromatic rings. The molecule has 0 amide bonds. The number of hydrogen-bond acceptors (Lipinski definition) is 6. The molecule has 1 aromatic carbocycles. The van der Waals surface area contributed by atoms with Crippen molar-refractivity contribution in [3.63, 3.8) is 0 Å². The number of aliphatic hydroxyl groups excluding tert-OH is 1. The van der Waals surface area contributed by atoms with Crippen LogP contribution in [0, 0.1) is 21.8 Å². The summed E-state index contributed by atoms with van der Waals surface area (Å²) in [6, 6.07) is 2.48. The van der Waals surface area contributed by atoms with Gasteiger partial charge in [-0.15, -0.1) is 0 Å². The van der Waals surface area contributed by atoms with Gasteiger partial charge in [0.1, 0.15) is 0 Å². The minimum atomic E-state index is -3.35. The van der Waals surface area contributed by atoms with Crippen LogP contribution in [0.1, 0.15) is 5.56 Å². The summed E-state index contributed by atoms with van der Waals surface area (Å²) in [5.74, 6) is -2.16. The molecular weight excluding hydrogens is 303 g/mol. The third-order valence-corrected chi connectivity index (χ3v) is 5.37. The van der Waals surface area contributed by atoms with Gasteiger partial charge in [-0.2, -0.15) is 4.39 Å². The lowest BCUT2D eigenvalue weighted by Crippen LogP contribution is -2.52. The van der Waals surface area contributed by atoms with Gasteiger partial charge < -0.3 is 10.8 Å². The van der Waals surface area contributed by atoms with Gasteiger partial charge in [0.2, 0.25) is 5.82 Å². The highest BCUT2D eigenvalue weighted by Crippen LogP contribution is 2.25. The van der Waals surface area contributed by atoms with E-state index in [9.17, 15) is 28.0 Å². The van der Waals surface area contributed by atoms with Crippen LogP contribution in [-0.2, 0) is 16.3 Å². The van der Waals surface area contributed by atoms with Gasteiger partial charge >= 0.3 is 5.69 Å². The van der Waals surface area contributed by atoms with Gasteiger partial charge in [0.05, 0.1) is 22.5 Å². The average molecular weight is 318 g/mol. The van der Waals surface area contributed by atoms with Gasteiger partial charge in [0.15, 0.2) is 9.84 Å². The third kappa shape index (κ3) is 3.55. The lowest BCUT2D eigenvalue weighted by atomic mass is 9.91. The molecule has 0 aromatic heterocycles. The lowest BCUT2D eigenvalue weighted by molar-refractivity contribution is -0.387. The summed E-state index contributed by atoms with van der Waals surface area (Å²) in [5, 5.41) is 20.5. The molecular formula is C12H15FN2O5S. The summed E-state index contributed by atoms with van der Waals surface area (Å²) in [4.78, 5) is 9.69. The molecule has 1 fully saturated rings. The minimum Gasteiger partial charge on any atom is -0.391 e. The maximum Gasteiger partial charge on any atom is 0.304 e. The molecule has 0 aliphatic carbocycles. The van der Waals surface area contributed by atoms with Gasteiger partial charge in [-0.25, -0.2) is 8.42 Å². The van der Waals surface area contributed by atoms with Crippen LogP contribution < -0.4 is 5.73 Å². The molecule has 3 N–H and O–H groups in total. The molecule has 9 heteroatoms. The van der Waals surface area contributed by atoms with E-state index in [1.807, 2.05) is 0 Å². The molecule has 2 rings (SSSR count). The number of benzene rings is 1. The Morgan fingerprint density at radius 1 is 1.43 bits per heavy atom. The highest BCUT2D eigenvalue weighted by Gasteiger charge is 2.37. The zero-order chi connectivity index (χ0) is 15.8. The second-order valence-electron chi connectivity index (χ2n) is 5.24. The number of halogens is 1. The highest BCUT2D eigenvalue weighted by atomic mass is 32.2. The Morgan fingerprint density at radius 2 is 2.10 bits per heavy atom. The predicted octanol–water partition coefficient (Wildman–Crippen LogP) is 0.00920. The van der Waals surface area contributed by atoms with Gasteiger partial charge in [-0.1, -0.05) is 6.07 Å². The second kappa shape index (κ2) is 5.66. The Bertz CT molecular complexity index is 664. The van der Waals surface area contributed by atoms with E-state index >= 15 is 0 Å². The normalized spacial score (nSPS) is 28.2. The zero-order valence-corrected chi connectivity index (χ0v) is 11.8. The molecule has 1 heterocycles. The summed E-state index contributed by atoms with van der Waals surface area (Å²) in [6.45, 7) is 0. The van der Waals surface area contributed by atoms with Gasteiger partial charge in [0, 0.05) is 18.0 Å². The standard InChI is InChI=1S/C12H15FN2O5S/c13-9-4-7(1-2-11(9)15(17)18)3-8-5-21(19,20)6-10(14)12(8)16/h1-2,4,8,10,12,16H,3,5-6,14H2/t8-,10+,12+/m1/s1. The van der Waals surface area contributed by atoms with Crippen molar-refractivity contribution < 1.29 is 22.8 Å².